The molecule has 1 aliphatic rings. The van der Waals surface area contributed by atoms with Gasteiger partial charge in [-0.25, -0.2) is 4.39 Å². The molecule has 0 bridgehead atoms. The molecule has 3 nitrogen and oxygen atoms in total. The van der Waals surface area contributed by atoms with Crippen LogP contribution in [0, 0.1) is 5.82 Å². The van der Waals surface area contributed by atoms with Crippen molar-refractivity contribution >= 4 is 0 Å². The first-order valence-corrected chi connectivity index (χ1v) is 6.26. The predicted molar refractivity (Wildman–Crippen MR) is 65.9 cm³/mol. The normalized spacial score (nSPS) is 26.1. The van der Waals surface area contributed by atoms with Crippen molar-refractivity contribution in [1.29, 1.82) is 0 Å². The topological polar surface area (TPSA) is 42.1 Å². The summed E-state index contributed by atoms with van der Waals surface area (Å²) in [6.45, 7) is 3.63. The number of hydrogen-bond donors (Lipinski definition) is 1. The summed E-state index contributed by atoms with van der Waals surface area (Å²) in [4.78, 5) is 6.27. The van der Waals surface area contributed by atoms with Gasteiger partial charge in [0.1, 0.15) is 5.82 Å². The number of rotatable bonds is 3. The van der Waals surface area contributed by atoms with Gasteiger partial charge in [-0.05, 0) is 31.4 Å². The molecule has 1 aliphatic heterocycles. The molecular weight excluding hydrogens is 217 g/mol. The molecule has 0 amide bonds. The molecule has 1 aromatic heterocycles. The Hall–Kier alpha value is -1.00. The highest BCUT2D eigenvalue weighted by molar-refractivity contribution is 5.10. The summed E-state index contributed by atoms with van der Waals surface area (Å²) in [5.41, 5.74) is 6.74. The van der Waals surface area contributed by atoms with Gasteiger partial charge in [0.25, 0.3) is 0 Å². The number of aromatic nitrogens is 1. The zero-order valence-corrected chi connectivity index (χ0v) is 10.3. The van der Waals surface area contributed by atoms with Crippen LogP contribution in [0.1, 0.15) is 31.7 Å². The Balaban J connectivity index is 2.09. The summed E-state index contributed by atoms with van der Waals surface area (Å²) < 4.78 is 13.1. The molecule has 2 heterocycles. The summed E-state index contributed by atoms with van der Waals surface area (Å²) in [7, 11) is 0. The average Bonchev–Trinajstić information content (AvgIpc) is 2.32. The number of nitrogens with two attached hydrogens (primary N) is 1. The summed E-state index contributed by atoms with van der Waals surface area (Å²) in [5.74, 6) is -0.267. The van der Waals surface area contributed by atoms with E-state index in [-0.39, 0.29) is 5.82 Å². The van der Waals surface area contributed by atoms with Crippen molar-refractivity contribution in [2.45, 2.75) is 44.8 Å². The van der Waals surface area contributed by atoms with E-state index in [2.05, 4.69) is 16.8 Å². The molecule has 1 fully saturated rings. The van der Waals surface area contributed by atoms with Gasteiger partial charge in [-0.2, -0.15) is 0 Å². The van der Waals surface area contributed by atoms with Crippen LogP contribution in [0.25, 0.3) is 0 Å². The highest BCUT2D eigenvalue weighted by Crippen LogP contribution is 2.24. The van der Waals surface area contributed by atoms with Crippen LogP contribution in [-0.4, -0.2) is 28.5 Å². The van der Waals surface area contributed by atoms with Gasteiger partial charge in [-0.3, -0.25) is 9.88 Å². The molecule has 2 N–H and O–H groups in total. The van der Waals surface area contributed by atoms with Gasteiger partial charge in [0, 0.05) is 31.4 Å². The SMILES string of the molecule is CC1CCCC(CN)N1Cc1cncc(F)c1. The van der Waals surface area contributed by atoms with Gasteiger partial charge in [0.2, 0.25) is 0 Å². The molecule has 0 radical (unpaired) electrons. The molecule has 17 heavy (non-hydrogen) atoms. The summed E-state index contributed by atoms with van der Waals surface area (Å²) >= 11 is 0. The van der Waals surface area contributed by atoms with E-state index >= 15 is 0 Å². The molecular formula is C13H20FN3. The quantitative estimate of drug-likeness (QED) is 0.873. The Labute approximate surface area is 102 Å². The number of piperidine rings is 1. The van der Waals surface area contributed by atoms with Crippen LogP contribution in [0.15, 0.2) is 18.5 Å². The van der Waals surface area contributed by atoms with E-state index in [1.54, 1.807) is 12.3 Å². The Bertz CT molecular complexity index is 369. The Kier molecular flexibility index (Phi) is 4.07. The molecule has 0 aromatic carbocycles. The largest absolute Gasteiger partial charge is 0.329 e. The van der Waals surface area contributed by atoms with Gasteiger partial charge < -0.3 is 5.73 Å². The Morgan fingerprint density at radius 3 is 3.00 bits per heavy atom. The molecule has 1 saturated heterocycles. The first-order valence-electron chi connectivity index (χ1n) is 6.26. The van der Waals surface area contributed by atoms with Crippen LogP contribution >= 0.6 is 0 Å². The third-order valence-electron chi connectivity index (χ3n) is 3.59. The van der Waals surface area contributed by atoms with Gasteiger partial charge in [-0.15, -0.1) is 0 Å². The molecule has 94 valence electrons. The van der Waals surface area contributed by atoms with E-state index in [1.165, 1.54) is 19.0 Å². The van der Waals surface area contributed by atoms with Crippen molar-refractivity contribution in [1.82, 2.24) is 9.88 Å². The minimum Gasteiger partial charge on any atom is -0.329 e. The lowest BCUT2D eigenvalue weighted by atomic mass is 9.96. The Morgan fingerprint density at radius 2 is 2.29 bits per heavy atom. The molecule has 2 rings (SSSR count). The van der Waals surface area contributed by atoms with Crippen molar-refractivity contribution in [3.8, 4) is 0 Å². The third kappa shape index (κ3) is 3.01. The fourth-order valence-electron chi connectivity index (χ4n) is 2.63. The van der Waals surface area contributed by atoms with Crippen LogP contribution < -0.4 is 5.73 Å². The first-order chi connectivity index (χ1) is 8.20. The molecule has 0 spiro atoms. The summed E-state index contributed by atoms with van der Waals surface area (Å²) in [6, 6.07) is 2.49. The lowest BCUT2D eigenvalue weighted by Crippen LogP contribution is -2.48. The number of pyridine rings is 1. The Morgan fingerprint density at radius 1 is 1.47 bits per heavy atom. The highest BCUT2D eigenvalue weighted by atomic mass is 19.1. The smallest absolute Gasteiger partial charge is 0.141 e. The molecule has 2 atom stereocenters. The summed E-state index contributed by atoms with van der Waals surface area (Å²) in [6.07, 6.45) is 6.55. The minimum absolute atomic E-state index is 0.267. The van der Waals surface area contributed by atoms with Crippen molar-refractivity contribution in [2.24, 2.45) is 5.73 Å². The molecule has 2 unspecified atom stereocenters. The number of nitrogens with zero attached hydrogens (tertiary/aromatic N) is 2. The van der Waals surface area contributed by atoms with E-state index in [0.717, 1.165) is 18.5 Å². The van der Waals surface area contributed by atoms with Crippen molar-refractivity contribution < 1.29 is 4.39 Å². The maximum absolute atomic E-state index is 13.1. The third-order valence-corrected chi connectivity index (χ3v) is 3.59. The standard InChI is InChI=1S/C13H20FN3/c1-10-3-2-4-13(6-15)17(10)9-11-5-12(14)8-16-7-11/h5,7-8,10,13H,2-4,6,9,15H2,1H3. The molecule has 1 aromatic rings. The minimum atomic E-state index is -0.267. The predicted octanol–water partition coefficient (Wildman–Crippen LogP) is 1.92. The lowest BCUT2D eigenvalue weighted by molar-refractivity contribution is 0.0890. The van der Waals surface area contributed by atoms with E-state index in [1.807, 2.05) is 0 Å². The maximum Gasteiger partial charge on any atom is 0.141 e. The first kappa shape index (κ1) is 12.5. The lowest BCUT2D eigenvalue weighted by Gasteiger charge is -2.40. The van der Waals surface area contributed by atoms with Gasteiger partial charge in [0.15, 0.2) is 0 Å². The monoisotopic (exact) mass is 237 g/mol. The second-order valence-electron chi connectivity index (χ2n) is 4.85. The molecule has 0 saturated carbocycles. The van der Waals surface area contributed by atoms with E-state index in [4.69, 9.17) is 5.73 Å². The maximum atomic E-state index is 13.1. The number of hydrogen-bond acceptors (Lipinski definition) is 3. The van der Waals surface area contributed by atoms with Crippen LogP contribution in [-0.2, 0) is 6.54 Å². The summed E-state index contributed by atoms with van der Waals surface area (Å²) in [5, 5.41) is 0. The van der Waals surface area contributed by atoms with Gasteiger partial charge >= 0.3 is 0 Å². The van der Waals surface area contributed by atoms with Gasteiger partial charge in [-0.1, -0.05) is 6.42 Å². The van der Waals surface area contributed by atoms with Crippen LogP contribution in [0.4, 0.5) is 4.39 Å². The average molecular weight is 237 g/mol. The number of likely N-dealkylation sites (tertiary alicyclic amines) is 1. The fraction of sp³-hybridized carbons (Fsp3) is 0.615. The van der Waals surface area contributed by atoms with Crippen molar-refractivity contribution in [3.63, 3.8) is 0 Å². The van der Waals surface area contributed by atoms with Crippen LogP contribution in [0.2, 0.25) is 0 Å². The fourth-order valence-corrected chi connectivity index (χ4v) is 2.63. The molecule has 4 heteroatoms. The number of halogens is 1. The van der Waals surface area contributed by atoms with E-state index in [9.17, 15) is 4.39 Å². The van der Waals surface area contributed by atoms with Crippen LogP contribution in [0.3, 0.4) is 0 Å². The van der Waals surface area contributed by atoms with Gasteiger partial charge in [0.05, 0.1) is 6.20 Å². The highest BCUT2D eigenvalue weighted by Gasteiger charge is 2.26. The zero-order valence-electron chi connectivity index (χ0n) is 10.3. The zero-order chi connectivity index (χ0) is 12.3. The molecule has 0 aliphatic carbocycles. The van der Waals surface area contributed by atoms with Crippen molar-refractivity contribution in [3.05, 3.63) is 29.8 Å². The van der Waals surface area contributed by atoms with E-state index < -0.39 is 0 Å². The van der Waals surface area contributed by atoms with E-state index in [0.29, 0.717) is 18.6 Å². The second kappa shape index (κ2) is 5.56. The van der Waals surface area contributed by atoms with Crippen molar-refractivity contribution in [2.75, 3.05) is 6.54 Å². The second-order valence-corrected chi connectivity index (χ2v) is 4.85. The van der Waals surface area contributed by atoms with Crippen LogP contribution in [0.5, 0.6) is 0 Å².